The van der Waals surface area contributed by atoms with Crippen LogP contribution in [0.4, 0.5) is 8.78 Å². The van der Waals surface area contributed by atoms with E-state index in [2.05, 4.69) is 31.9 Å². The molecule has 3 aromatic rings. The molecule has 0 saturated heterocycles. The molecule has 33 nitrogen and oxygen atoms in total. The first kappa shape index (κ1) is 94.2. The molecule has 0 spiro atoms. The summed E-state index contributed by atoms with van der Waals surface area (Å²) < 4.78 is 97.0. The molecule has 0 bridgehead atoms. The van der Waals surface area contributed by atoms with Crippen LogP contribution in [-0.2, 0) is 111 Å². The summed E-state index contributed by atoms with van der Waals surface area (Å²) in [6.07, 6.45) is -0.707. The summed E-state index contributed by atoms with van der Waals surface area (Å²) in [5.74, 6) is -10.0. The number of Topliss-reactive ketones (excluding diaryl/α,β-unsaturated/α-hetero) is 1. The van der Waals surface area contributed by atoms with E-state index in [9.17, 15) is 57.4 Å². The number of amides is 8. The van der Waals surface area contributed by atoms with Crippen molar-refractivity contribution in [2.45, 2.75) is 116 Å². The van der Waals surface area contributed by atoms with Gasteiger partial charge in [-0.1, -0.05) is 51.1 Å². The number of primary amides is 1. The molecule has 8 amide bonds. The van der Waals surface area contributed by atoms with Crippen LogP contribution in [0.2, 0.25) is 0 Å². The van der Waals surface area contributed by atoms with Gasteiger partial charge in [0, 0.05) is 69.0 Å². The fourth-order valence-electron chi connectivity index (χ4n) is 10.2. The maximum atomic E-state index is 15.5. The maximum absolute atomic E-state index is 15.5. The monoisotopic (exact) mass is 1540 g/mol. The lowest BCUT2D eigenvalue weighted by Gasteiger charge is -2.41. The molecule has 0 aliphatic carbocycles. The van der Waals surface area contributed by atoms with Gasteiger partial charge in [-0.05, 0) is 61.9 Å². The van der Waals surface area contributed by atoms with Gasteiger partial charge in [-0.2, -0.15) is 0 Å². The Hall–Kier alpha value is -8.04. The average molecular weight is 1540 g/mol. The van der Waals surface area contributed by atoms with Crippen molar-refractivity contribution < 1.29 is 124 Å². The number of benzene rings is 2. The van der Waals surface area contributed by atoms with Gasteiger partial charge in [0.05, 0.1) is 177 Å². The van der Waals surface area contributed by atoms with Crippen LogP contribution in [0.1, 0.15) is 96.9 Å². The third kappa shape index (κ3) is 42.1. The van der Waals surface area contributed by atoms with Crippen molar-refractivity contribution >= 4 is 59.0 Å². The lowest BCUT2D eigenvalue weighted by Crippen LogP contribution is -2.58. The van der Waals surface area contributed by atoms with Gasteiger partial charge in [0.15, 0.2) is 5.78 Å². The zero-order chi connectivity index (χ0) is 79.3. The maximum Gasteiger partial charge on any atom is 0.303 e. The van der Waals surface area contributed by atoms with E-state index in [0.29, 0.717) is 131 Å². The average Bonchev–Trinajstić information content (AvgIpc) is 1.60. The minimum absolute atomic E-state index is 0.0123. The summed E-state index contributed by atoms with van der Waals surface area (Å²) in [4.78, 5) is 132. The highest BCUT2D eigenvalue weighted by Crippen LogP contribution is 2.41. The standard InChI is InChI=1S/C73H113F2N9O24/c1-52(79-65(89)19-22-98-25-26-100-29-30-102-33-34-104-37-38-106-41-42-108-44-43-107-40-39-105-36-35-103-32-31-101-28-27-99-24-23-97-6)69(93)80-53(2)70(94)82-61(47-63(76)87)72(96)81-60(71(95)77-20-10-13-57(86)48-78-64(88)16-17-67(91)92)18-21-84(66(90)51-85)68(73(3,4)5)62-45-55(58-46-56(74)14-15-59(58)75)50-83(62)49-54-11-8-7-9-12-54/h7-9,11-12,14-15,45-46,50,52-53,60-61,68,85H,10,13,16-44,47-49,51H2,1-6H3,(H2,76,87)(H,77,95)(H,78,88)(H,79,89)(H,80,93)(H,81,96)(H,82,94)(H,91,92)/t52-,53-,60-,61-,68-/m0/s1. The topological polar surface area (TPSA) is 428 Å². The Morgan fingerprint density at radius 3 is 1.51 bits per heavy atom. The van der Waals surface area contributed by atoms with Gasteiger partial charge in [0.2, 0.25) is 47.3 Å². The number of nitrogens with one attached hydrogen (secondary N) is 6. The molecule has 35 heteroatoms. The molecule has 0 aliphatic rings. The van der Waals surface area contributed by atoms with E-state index in [0.717, 1.165) is 23.8 Å². The van der Waals surface area contributed by atoms with Gasteiger partial charge < -0.3 is 114 Å². The van der Waals surface area contributed by atoms with Crippen molar-refractivity contribution in [1.29, 1.82) is 0 Å². The first-order valence-electron chi connectivity index (χ1n) is 36.0. The first-order chi connectivity index (χ1) is 51.8. The molecule has 5 atom stereocenters. The molecule has 0 radical (unpaired) electrons. The van der Waals surface area contributed by atoms with E-state index in [1.54, 1.807) is 44.7 Å². The van der Waals surface area contributed by atoms with Crippen molar-refractivity contribution in [2.24, 2.45) is 11.1 Å². The summed E-state index contributed by atoms with van der Waals surface area (Å²) in [5, 5.41) is 34.3. The molecule has 2 aromatic carbocycles. The Morgan fingerprint density at radius 1 is 0.546 bits per heavy atom. The number of ketones is 1. The predicted molar refractivity (Wildman–Crippen MR) is 386 cm³/mol. The molecule has 1 aromatic heterocycles. The number of aliphatic carboxylic acids is 1. The van der Waals surface area contributed by atoms with Crippen molar-refractivity contribution in [3.63, 3.8) is 0 Å². The van der Waals surface area contributed by atoms with E-state index in [1.165, 1.54) is 18.7 Å². The number of ether oxygens (including phenoxy) is 12. The number of carbonyl (C=O) groups excluding carboxylic acids is 9. The highest BCUT2D eigenvalue weighted by molar-refractivity contribution is 5.97. The number of rotatable bonds is 64. The number of carbonyl (C=O) groups is 10. The van der Waals surface area contributed by atoms with E-state index >= 15 is 4.39 Å². The van der Waals surface area contributed by atoms with Crippen molar-refractivity contribution in [3.8, 4) is 11.1 Å². The second kappa shape index (κ2) is 56.2. The number of carboxylic acids is 1. The molecule has 0 fully saturated rings. The zero-order valence-corrected chi connectivity index (χ0v) is 63.0. The highest BCUT2D eigenvalue weighted by atomic mass is 19.1. The van der Waals surface area contributed by atoms with Crippen molar-refractivity contribution in [3.05, 3.63) is 83.7 Å². The summed E-state index contributed by atoms with van der Waals surface area (Å²) >= 11 is 0. The normalized spacial score (nSPS) is 12.8. The summed E-state index contributed by atoms with van der Waals surface area (Å²) in [6.45, 7) is 15.2. The van der Waals surface area contributed by atoms with Crippen LogP contribution in [0.25, 0.3) is 11.1 Å². The number of carboxylic acid groups (broad SMARTS) is 1. The summed E-state index contributed by atoms with van der Waals surface area (Å²) in [6, 6.07) is 6.76. The second-order valence-corrected chi connectivity index (χ2v) is 25.6. The number of hydrogen-bond donors (Lipinski definition) is 9. The fraction of sp³-hybridized carbons (Fsp3) is 0.644. The summed E-state index contributed by atoms with van der Waals surface area (Å²) in [5.41, 5.74) is 6.03. The van der Waals surface area contributed by atoms with E-state index in [-0.39, 0.29) is 82.9 Å². The molecule has 0 aliphatic heterocycles. The molecule has 3 rings (SSSR count). The number of aliphatic hydroxyl groups is 1. The molecular weight excluding hydrogens is 1420 g/mol. The van der Waals surface area contributed by atoms with E-state index in [4.69, 9.17) is 67.7 Å². The van der Waals surface area contributed by atoms with Crippen molar-refractivity contribution in [1.82, 2.24) is 41.4 Å². The first-order valence-corrected chi connectivity index (χ1v) is 36.0. The molecule has 0 saturated carbocycles. The number of halogens is 2. The van der Waals surface area contributed by atoms with Gasteiger partial charge in [0.25, 0.3) is 0 Å². The largest absolute Gasteiger partial charge is 0.481 e. The van der Waals surface area contributed by atoms with E-state index in [1.807, 2.05) is 30.3 Å². The molecule has 108 heavy (non-hydrogen) atoms. The Bertz CT molecular complexity index is 3130. The predicted octanol–water partition coefficient (Wildman–Crippen LogP) is 1.30. The second-order valence-electron chi connectivity index (χ2n) is 25.6. The van der Waals surface area contributed by atoms with Gasteiger partial charge in [-0.3, -0.25) is 47.9 Å². The fourth-order valence-corrected chi connectivity index (χ4v) is 10.2. The third-order valence-electron chi connectivity index (χ3n) is 15.7. The van der Waals surface area contributed by atoms with Gasteiger partial charge in [-0.15, -0.1) is 0 Å². The number of methoxy groups -OCH3 is 1. The quantitative estimate of drug-likeness (QED) is 0.0360. The highest BCUT2D eigenvalue weighted by Gasteiger charge is 2.39. The van der Waals surface area contributed by atoms with Crippen LogP contribution in [0, 0.1) is 17.0 Å². The molecular formula is C73H113F2N9O24. The number of nitrogens with zero attached hydrogens (tertiary/aromatic N) is 2. The molecule has 10 N–H and O–H groups in total. The van der Waals surface area contributed by atoms with Gasteiger partial charge in [-0.25, -0.2) is 8.78 Å². The van der Waals surface area contributed by atoms with Crippen molar-refractivity contribution in [2.75, 3.05) is 185 Å². The number of hydrogen-bond acceptors (Lipinski definition) is 23. The number of nitrogens with two attached hydrogens (primary N) is 1. The minimum Gasteiger partial charge on any atom is -0.481 e. The third-order valence-corrected chi connectivity index (χ3v) is 15.7. The lowest BCUT2D eigenvalue weighted by molar-refractivity contribution is -0.140. The zero-order valence-electron chi connectivity index (χ0n) is 63.0. The molecule has 0 unspecified atom stereocenters. The molecule has 608 valence electrons. The Morgan fingerprint density at radius 2 is 1.03 bits per heavy atom. The lowest BCUT2D eigenvalue weighted by atomic mass is 9.82. The van der Waals surface area contributed by atoms with Crippen LogP contribution < -0.4 is 37.6 Å². The summed E-state index contributed by atoms with van der Waals surface area (Å²) in [7, 11) is 1.62. The smallest absolute Gasteiger partial charge is 0.303 e. The number of aliphatic hydroxyl groups excluding tert-OH is 1. The van der Waals surface area contributed by atoms with Crippen LogP contribution in [-0.4, -0.2) is 288 Å². The molecule has 1 heterocycles. The minimum atomic E-state index is -1.78. The Balaban J connectivity index is 1.46. The van der Waals surface area contributed by atoms with E-state index < -0.39 is 139 Å². The number of aromatic nitrogens is 1. The Kier molecular flexibility index (Phi) is 49.0. The van der Waals surface area contributed by atoms with Gasteiger partial charge in [0.1, 0.15) is 42.4 Å². The van der Waals surface area contributed by atoms with Crippen LogP contribution in [0.3, 0.4) is 0 Å². The van der Waals surface area contributed by atoms with Crippen LogP contribution >= 0.6 is 0 Å². The van der Waals surface area contributed by atoms with Crippen LogP contribution in [0.5, 0.6) is 0 Å². The van der Waals surface area contributed by atoms with Gasteiger partial charge >= 0.3 is 5.97 Å². The van der Waals surface area contributed by atoms with Crippen LogP contribution in [0.15, 0.2) is 60.8 Å². The Labute approximate surface area is 629 Å². The SMILES string of the molecule is COCCOCCOCCOCCOCCOCCOCCOCCOCCOCCOCCOCCC(=O)N[C@@H](C)C(=O)N[C@@H](C)C(=O)N[C@@H](CC(N)=O)C(=O)N[C@@H](CCN(C(=O)CO)[C@@H](c1cc(-c2cc(F)ccc2F)cn1Cc1ccccc1)C(C)(C)C)C(=O)NCCCC(=O)CNC(=O)CCC(=O)O.